The minimum atomic E-state index is -4.79. The zero-order chi connectivity index (χ0) is 24.0. The lowest BCUT2D eigenvalue weighted by Gasteiger charge is -2.26. The Balaban J connectivity index is 1.28. The van der Waals surface area contributed by atoms with Crippen molar-refractivity contribution in [2.45, 2.75) is 38.4 Å². The van der Waals surface area contributed by atoms with E-state index in [0.717, 1.165) is 37.7 Å². The number of fused-ring (bicyclic) bond motifs is 1. The second-order valence-electron chi connectivity index (χ2n) is 10.3. The fourth-order valence-corrected chi connectivity index (χ4v) is 5.98. The number of likely N-dealkylation sites (tertiary alicyclic amines) is 1. The molecule has 2 aliphatic carbocycles. The van der Waals surface area contributed by atoms with E-state index in [0.29, 0.717) is 24.3 Å². The molecule has 1 aromatic heterocycles. The van der Waals surface area contributed by atoms with E-state index in [1.54, 1.807) is 22.7 Å². The molecule has 1 aliphatic heterocycles. The Kier molecular flexibility index (Phi) is 6.16. The van der Waals surface area contributed by atoms with Crippen LogP contribution in [0.2, 0.25) is 0 Å². The van der Waals surface area contributed by atoms with Gasteiger partial charge < -0.3 is 14.4 Å². The molecule has 1 amide bonds. The predicted molar refractivity (Wildman–Crippen MR) is 118 cm³/mol. The maximum absolute atomic E-state index is 13.8. The Morgan fingerprint density at radius 3 is 2.50 bits per heavy atom. The Labute approximate surface area is 196 Å². The first kappa shape index (κ1) is 23.3. The molecular weight excluding hydrogens is 448 g/mol. The van der Waals surface area contributed by atoms with Gasteiger partial charge in [0, 0.05) is 46.0 Å². The second-order valence-corrected chi connectivity index (χ2v) is 10.3. The number of hydrogen-bond donors (Lipinski definition) is 0. The molecule has 3 fully saturated rings. The van der Waals surface area contributed by atoms with E-state index < -0.39 is 17.6 Å². The van der Waals surface area contributed by atoms with Gasteiger partial charge in [-0.3, -0.25) is 4.79 Å². The number of rotatable bonds is 7. The van der Waals surface area contributed by atoms with Gasteiger partial charge in [-0.1, -0.05) is 18.9 Å². The highest BCUT2D eigenvalue weighted by atomic mass is 19.4. The number of piperidine rings is 1. The maximum Gasteiger partial charge on any atom is 0.419 e. The summed E-state index contributed by atoms with van der Waals surface area (Å²) in [5, 5.41) is 0. The summed E-state index contributed by atoms with van der Waals surface area (Å²) in [5.41, 5.74) is -0.790. The number of nitrogens with zero attached hydrogens (tertiary/aromatic N) is 4. The summed E-state index contributed by atoms with van der Waals surface area (Å²) in [5.74, 6) is 0.581. The summed E-state index contributed by atoms with van der Waals surface area (Å²) >= 11 is 0. The van der Waals surface area contributed by atoms with Gasteiger partial charge in [0.25, 0.3) is 5.91 Å². The summed E-state index contributed by atoms with van der Waals surface area (Å²) in [4.78, 5) is 21.5. The van der Waals surface area contributed by atoms with Gasteiger partial charge >= 0.3 is 6.18 Å². The molecule has 9 heteroatoms. The van der Waals surface area contributed by atoms with Gasteiger partial charge in [0.05, 0.1) is 11.9 Å². The van der Waals surface area contributed by atoms with Crippen LogP contribution in [0.4, 0.5) is 17.6 Å². The number of aromatic nitrogens is 2. The molecule has 34 heavy (non-hydrogen) atoms. The van der Waals surface area contributed by atoms with Gasteiger partial charge in [-0.2, -0.15) is 13.2 Å². The molecule has 184 valence electrons. The van der Waals surface area contributed by atoms with Crippen molar-refractivity contribution < 1.29 is 22.4 Å². The number of amides is 1. The van der Waals surface area contributed by atoms with Crippen LogP contribution in [0.3, 0.4) is 0 Å². The van der Waals surface area contributed by atoms with E-state index in [1.165, 1.54) is 38.1 Å². The molecule has 1 saturated heterocycles. The molecule has 2 atom stereocenters. The Hall–Kier alpha value is -2.42. The number of carbonyl (C=O) groups is 1. The number of hydrogen-bond acceptors (Lipinski definition) is 3. The van der Waals surface area contributed by atoms with Gasteiger partial charge in [0.1, 0.15) is 11.5 Å². The van der Waals surface area contributed by atoms with Crippen molar-refractivity contribution in [1.82, 2.24) is 19.4 Å². The lowest BCUT2D eigenvalue weighted by molar-refractivity contribution is -0.140. The first-order valence-electron chi connectivity index (χ1n) is 12.0. The summed E-state index contributed by atoms with van der Waals surface area (Å²) in [6.07, 6.45) is 3.65. The molecule has 2 saturated carbocycles. The third-order valence-electron chi connectivity index (χ3n) is 7.79. The summed E-state index contributed by atoms with van der Waals surface area (Å²) in [7, 11) is 1.76. The van der Waals surface area contributed by atoms with Crippen molar-refractivity contribution in [3.05, 3.63) is 53.4 Å². The standard InChI is InChI=1S/C25H30F4N4O/c1-31-14-23(30-15-31)24(34)33(10-17-6-7-22(26)21(8-17)25(27,28)29)13-20-18-11-32(12-19(18)20)9-16-4-2-3-5-16/h6-8,14-16,18-20H,2-5,9-13H2,1H3. The molecule has 3 aliphatic rings. The molecule has 2 heterocycles. The summed E-state index contributed by atoms with van der Waals surface area (Å²) in [6.45, 7) is 3.69. The van der Waals surface area contributed by atoms with Crippen LogP contribution in [0.5, 0.6) is 0 Å². The van der Waals surface area contributed by atoms with Gasteiger partial charge in [0.15, 0.2) is 0 Å². The van der Waals surface area contributed by atoms with Crippen molar-refractivity contribution in [1.29, 1.82) is 0 Å². The van der Waals surface area contributed by atoms with E-state index in [4.69, 9.17) is 0 Å². The minimum absolute atomic E-state index is 0.0134. The van der Waals surface area contributed by atoms with Crippen LogP contribution in [-0.2, 0) is 19.8 Å². The summed E-state index contributed by atoms with van der Waals surface area (Å²) in [6, 6.07) is 2.96. The first-order valence-corrected chi connectivity index (χ1v) is 12.0. The molecule has 0 N–H and O–H groups in total. The zero-order valence-corrected chi connectivity index (χ0v) is 19.3. The molecule has 0 bridgehead atoms. The van der Waals surface area contributed by atoms with Crippen molar-refractivity contribution in [2.24, 2.45) is 30.7 Å². The first-order chi connectivity index (χ1) is 16.2. The lowest BCUT2D eigenvalue weighted by atomic mass is 10.1. The van der Waals surface area contributed by atoms with E-state index in [-0.39, 0.29) is 23.7 Å². The van der Waals surface area contributed by atoms with Crippen molar-refractivity contribution in [2.75, 3.05) is 26.2 Å². The number of carbonyl (C=O) groups excluding carboxylic acids is 1. The maximum atomic E-state index is 13.8. The van der Waals surface area contributed by atoms with Gasteiger partial charge in [0.2, 0.25) is 0 Å². The Morgan fingerprint density at radius 1 is 1.18 bits per heavy atom. The Bertz CT molecular complexity index is 1030. The molecule has 1 aromatic carbocycles. The molecule has 5 rings (SSSR count). The number of aryl methyl sites for hydroxylation is 1. The van der Waals surface area contributed by atoms with Crippen LogP contribution in [0.1, 0.15) is 47.3 Å². The van der Waals surface area contributed by atoms with Crippen LogP contribution in [0, 0.1) is 29.5 Å². The highest BCUT2D eigenvalue weighted by Crippen LogP contribution is 2.52. The van der Waals surface area contributed by atoms with Crippen LogP contribution in [0.25, 0.3) is 0 Å². The van der Waals surface area contributed by atoms with Crippen LogP contribution in [0.15, 0.2) is 30.7 Å². The normalized spacial score (nSPS) is 25.0. The molecular formula is C25H30F4N4O. The molecule has 0 spiro atoms. The largest absolute Gasteiger partial charge is 0.419 e. The highest BCUT2D eigenvalue weighted by molar-refractivity contribution is 5.92. The van der Waals surface area contributed by atoms with E-state index in [1.807, 2.05) is 0 Å². The van der Waals surface area contributed by atoms with Gasteiger partial charge in [-0.15, -0.1) is 0 Å². The van der Waals surface area contributed by atoms with Gasteiger partial charge in [-0.05, 0) is 54.2 Å². The second kappa shape index (κ2) is 8.98. The zero-order valence-electron chi connectivity index (χ0n) is 19.3. The number of imidazole rings is 1. The fraction of sp³-hybridized carbons (Fsp3) is 0.600. The SMILES string of the molecule is Cn1cnc(C(=O)N(Cc2ccc(F)c(C(F)(F)F)c2)CC2C3CN(CC4CCCC4)CC32)c1. The van der Waals surface area contributed by atoms with Crippen LogP contribution < -0.4 is 0 Å². The van der Waals surface area contributed by atoms with Crippen molar-refractivity contribution in [3.8, 4) is 0 Å². The molecule has 5 nitrogen and oxygen atoms in total. The molecule has 2 unspecified atom stereocenters. The average Bonchev–Trinajstić information content (AvgIpc) is 3.28. The monoisotopic (exact) mass is 478 g/mol. The lowest BCUT2D eigenvalue weighted by Crippen LogP contribution is -2.36. The number of alkyl halides is 3. The predicted octanol–water partition coefficient (Wildman–Crippen LogP) is 4.59. The number of benzene rings is 1. The van der Waals surface area contributed by atoms with Gasteiger partial charge in [-0.25, -0.2) is 9.37 Å². The Morgan fingerprint density at radius 2 is 1.88 bits per heavy atom. The molecule has 2 aromatic rings. The van der Waals surface area contributed by atoms with Crippen LogP contribution in [-0.4, -0.2) is 51.4 Å². The minimum Gasteiger partial charge on any atom is -0.340 e. The topological polar surface area (TPSA) is 41.4 Å². The third-order valence-corrected chi connectivity index (χ3v) is 7.79. The van der Waals surface area contributed by atoms with E-state index in [9.17, 15) is 22.4 Å². The van der Waals surface area contributed by atoms with Crippen molar-refractivity contribution >= 4 is 5.91 Å². The van der Waals surface area contributed by atoms with Crippen LogP contribution >= 0.6 is 0 Å². The van der Waals surface area contributed by atoms with Crippen molar-refractivity contribution in [3.63, 3.8) is 0 Å². The smallest absolute Gasteiger partial charge is 0.340 e. The van der Waals surface area contributed by atoms with E-state index in [2.05, 4.69) is 9.88 Å². The highest BCUT2D eigenvalue weighted by Gasteiger charge is 2.56. The fourth-order valence-electron chi connectivity index (χ4n) is 5.98. The third kappa shape index (κ3) is 4.85. The average molecular weight is 479 g/mol. The number of halogens is 4. The quantitative estimate of drug-likeness (QED) is 0.547. The summed E-state index contributed by atoms with van der Waals surface area (Å²) < 4.78 is 55.1. The van der Waals surface area contributed by atoms with E-state index >= 15 is 0 Å². The molecule has 0 radical (unpaired) electrons.